The van der Waals surface area contributed by atoms with Crippen LogP contribution in [-0.4, -0.2) is 54.6 Å². The van der Waals surface area contributed by atoms with E-state index in [4.69, 9.17) is 0 Å². The standard InChI is InChI=1S/C13H25N3O/c1-4-5-11-13(17)16(9-14-11)12-6-7-15(3)8-10(12)2/h10-12,14H,4-9H2,1-3H3. The van der Waals surface area contributed by atoms with E-state index in [1.54, 1.807) is 0 Å². The molecule has 4 nitrogen and oxygen atoms in total. The van der Waals surface area contributed by atoms with Gasteiger partial charge < -0.3 is 9.80 Å². The molecule has 0 bridgehead atoms. The number of hydrogen-bond donors (Lipinski definition) is 1. The van der Waals surface area contributed by atoms with Crippen molar-refractivity contribution in [1.82, 2.24) is 15.1 Å². The molecular formula is C13H25N3O. The van der Waals surface area contributed by atoms with Gasteiger partial charge in [0.1, 0.15) is 0 Å². The molecule has 0 aromatic rings. The maximum absolute atomic E-state index is 12.3. The summed E-state index contributed by atoms with van der Waals surface area (Å²) in [4.78, 5) is 16.7. The summed E-state index contributed by atoms with van der Waals surface area (Å²) in [5.74, 6) is 0.910. The molecule has 0 aromatic carbocycles. The maximum atomic E-state index is 12.3. The van der Waals surface area contributed by atoms with E-state index in [0.29, 0.717) is 17.9 Å². The van der Waals surface area contributed by atoms with Gasteiger partial charge in [-0.15, -0.1) is 0 Å². The van der Waals surface area contributed by atoms with Crippen LogP contribution >= 0.6 is 0 Å². The molecular weight excluding hydrogens is 214 g/mol. The number of amides is 1. The van der Waals surface area contributed by atoms with Gasteiger partial charge in [0, 0.05) is 12.6 Å². The largest absolute Gasteiger partial charge is 0.325 e. The highest BCUT2D eigenvalue weighted by atomic mass is 16.2. The van der Waals surface area contributed by atoms with Crippen molar-refractivity contribution in [3.8, 4) is 0 Å². The van der Waals surface area contributed by atoms with Crippen LogP contribution < -0.4 is 5.32 Å². The summed E-state index contributed by atoms with van der Waals surface area (Å²) in [6.07, 6.45) is 3.15. The topological polar surface area (TPSA) is 35.6 Å². The summed E-state index contributed by atoms with van der Waals surface area (Å²) >= 11 is 0. The first-order valence-corrected chi connectivity index (χ1v) is 6.86. The van der Waals surface area contributed by atoms with Crippen molar-refractivity contribution in [2.75, 3.05) is 26.8 Å². The van der Waals surface area contributed by atoms with Crippen molar-refractivity contribution < 1.29 is 4.79 Å². The number of nitrogens with one attached hydrogen (secondary N) is 1. The van der Waals surface area contributed by atoms with Crippen LogP contribution in [-0.2, 0) is 4.79 Å². The van der Waals surface area contributed by atoms with E-state index in [0.717, 1.165) is 39.0 Å². The highest BCUT2D eigenvalue weighted by Crippen LogP contribution is 2.24. The van der Waals surface area contributed by atoms with Crippen LogP contribution in [0, 0.1) is 5.92 Å². The van der Waals surface area contributed by atoms with Gasteiger partial charge in [-0.05, 0) is 32.4 Å². The van der Waals surface area contributed by atoms with Crippen LogP contribution in [0.2, 0.25) is 0 Å². The molecule has 17 heavy (non-hydrogen) atoms. The van der Waals surface area contributed by atoms with Crippen LogP contribution in [0.1, 0.15) is 33.1 Å². The first kappa shape index (κ1) is 12.8. The molecule has 4 heteroatoms. The third kappa shape index (κ3) is 2.63. The Bertz CT molecular complexity index is 282. The summed E-state index contributed by atoms with van der Waals surface area (Å²) < 4.78 is 0. The Morgan fingerprint density at radius 1 is 1.47 bits per heavy atom. The van der Waals surface area contributed by atoms with Crippen molar-refractivity contribution in [3.05, 3.63) is 0 Å². The monoisotopic (exact) mass is 239 g/mol. The van der Waals surface area contributed by atoms with Crippen LogP contribution in [0.15, 0.2) is 0 Å². The number of carbonyl (C=O) groups is 1. The minimum absolute atomic E-state index is 0.0758. The predicted octanol–water partition coefficient (Wildman–Crippen LogP) is 0.885. The molecule has 1 N–H and O–H groups in total. The molecule has 0 aliphatic carbocycles. The Labute approximate surface area is 104 Å². The lowest BCUT2D eigenvalue weighted by atomic mass is 9.92. The second-order valence-corrected chi connectivity index (χ2v) is 5.61. The fourth-order valence-corrected chi connectivity index (χ4v) is 3.17. The van der Waals surface area contributed by atoms with E-state index in [1.807, 2.05) is 0 Å². The van der Waals surface area contributed by atoms with E-state index in [9.17, 15) is 4.79 Å². The Hall–Kier alpha value is -0.610. The molecule has 2 aliphatic heterocycles. The van der Waals surface area contributed by atoms with Crippen LogP contribution in [0.5, 0.6) is 0 Å². The summed E-state index contributed by atoms with van der Waals surface area (Å²) in [7, 11) is 2.16. The van der Waals surface area contributed by atoms with Gasteiger partial charge in [0.15, 0.2) is 0 Å². The van der Waals surface area contributed by atoms with E-state index < -0.39 is 0 Å². The Kier molecular flexibility index (Phi) is 4.05. The van der Waals surface area contributed by atoms with Crippen LogP contribution in [0.3, 0.4) is 0 Å². The van der Waals surface area contributed by atoms with E-state index in [2.05, 4.69) is 36.0 Å². The number of carbonyl (C=O) groups excluding carboxylic acids is 1. The lowest BCUT2D eigenvalue weighted by molar-refractivity contribution is -0.132. The molecule has 2 heterocycles. The smallest absolute Gasteiger partial charge is 0.241 e. The first-order chi connectivity index (χ1) is 8.13. The quantitative estimate of drug-likeness (QED) is 0.794. The van der Waals surface area contributed by atoms with E-state index >= 15 is 0 Å². The number of hydrogen-bond acceptors (Lipinski definition) is 3. The van der Waals surface area contributed by atoms with Crippen molar-refractivity contribution in [1.29, 1.82) is 0 Å². The molecule has 3 atom stereocenters. The Morgan fingerprint density at radius 3 is 2.88 bits per heavy atom. The van der Waals surface area contributed by atoms with Gasteiger partial charge in [0.05, 0.1) is 12.7 Å². The van der Waals surface area contributed by atoms with Crippen molar-refractivity contribution in [2.24, 2.45) is 5.92 Å². The number of rotatable bonds is 3. The van der Waals surface area contributed by atoms with Gasteiger partial charge in [-0.3, -0.25) is 10.1 Å². The molecule has 0 spiro atoms. The zero-order valence-corrected chi connectivity index (χ0v) is 11.3. The molecule has 2 fully saturated rings. The molecule has 98 valence electrons. The highest BCUT2D eigenvalue weighted by molar-refractivity contribution is 5.84. The average molecular weight is 239 g/mol. The molecule has 2 rings (SSSR count). The van der Waals surface area contributed by atoms with Gasteiger partial charge in [-0.1, -0.05) is 20.3 Å². The minimum atomic E-state index is 0.0758. The van der Waals surface area contributed by atoms with Crippen molar-refractivity contribution in [2.45, 2.75) is 45.2 Å². The third-order valence-corrected chi connectivity index (χ3v) is 4.13. The normalized spacial score (nSPS) is 35.6. The van der Waals surface area contributed by atoms with Crippen LogP contribution in [0.25, 0.3) is 0 Å². The molecule has 2 saturated heterocycles. The number of likely N-dealkylation sites (tertiary alicyclic amines) is 1. The second kappa shape index (κ2) is 5.36. The molecule has 0 aromatic heterocycles. The van der Waals surface area contributed by atoms with Gasteiger partial charge >= 0.3 is 0 Å². The lowest BCUT2D eigenvalue weighted by Gasteiger charge is -2.39. The van der Waals surface area contributed by atoms with Gasteiger partial charge in [0.25, 0.3) is 0 Å². The minimum Gasteiger partial charge on any atom is -0.325 e. The highest BCUT2D eigenvalue weighted by Gasteiger charge is 2.38. The maximum Gasteiger partial charge on any atom is 0.241 e. The van der Waals surface area contributed by atoms with E-state index in [-0.39, 0.29) is 6.04 Å². The van der Waals surface area contributed by atoms with Crippen LogP contribution in [0.4, 0.5) is 0 Å². The molecule has 2 aliphatic rings. The zero-order valence-electron chi connectivity index (χ0n) is 11.3. The van der Waals surface area contributed by atoms with Gasteiger partial charge in [-0.25, -0.2) is 0 Å². The second-order valence-electron chi connectivity index (χ2n) is 5.61. The zero-order chi connectivity index (χ0) is 12.4. The molecule has 0 saturated carbocycles. The summed E-state index contributed by atoms with van der Waals surface area (Å²) in [6, 6.07) is 0.514. The molecule has 1 amide bonds. The molecule has 0 radical (unpaired) electrons. The molecule has 3 unspecified atom stereocenters. The fraction of sp³-hybridized carbons (Fsp3) is 0.923. The SMILES string of the molecule is CCCC1NCN(C2CCN(C)CC2C)C1=O. The third-order valence-electron chi connectivity index (χ3n) is 4.13. The first-order valence-electron chi connectivity index (χ1n) is 6.86. The average Bonchev–Trinajstić information content (AvgIpc) is 2.62. The summed E-state index contributed by atoms with van der Waals surface area (Å²) in [6.45, 7) is 7.36. The van der Waals surface area contributed by atoms with E-state index in [1.165, 1.54) is 0 Å². The number of piperidine rings is 1. The van der Waals surface area contributed by atoms with Crippen molar-refractivity contribution in [3.63, 3.8) is 0 Å². The fourth-order valence-electron chi connectivity index (χ4n) is 3.17. The summed E-state index contributed by atoms with van der Waals surface area (Å²) in [5, 5.41) is 3.35. The Balaban J connectivity index is 1.97. The number of nitrogens with zero attached hydrogens (tertiary/aromatic N) is 2. The predicted molar refractivity (Wildman–Crippen MR) is 68.6 cm³/mol. The summed E-state index contributed by atoms with van der Waals surface area (Å²) in [5.41, 5.74) is 0. The lowest BCUT2D eigenvalue weighted by Crippen LogP contribution is -2.50. The van der Waals surface area contributed by atoms with Gasteiger partial charge in [-0.2, -0.15) is 0 Å². The Morgan fingerprint density at radius 2 is 2.24 bits per heavy atom. The van der Waals surface area contributed by atoms with Gasteiger partial charge in [0.2, 0.25) is 5.91 Å². The van der Waals surface area contributed by atoms with Crippen molar-refractivity contribution >= 4 is 5.91 Å².